The number of halogens is 1. The summed E-state index contributed by atoms with van der Waals surface area (Å²) in [5, 5.41) is 0.773. The third-order valence-corrected chi connectivity index (χ3v) is 3.40. The fraction of sp³-hybridized carbons (Fsp3) is 0.286. The molecule has 2 aromatic rings. The Morgan fingerprint density at radius 1 is 1.32 bits per heavy atom. The number of aryl methyl sites for hydroxylation is 1. The number of ether oxygens (including phenoxy) is 1. The van der Waals surface area contributed by atoms with E-state index in [0.717, 1.165) is 10.6 Å². The fourth-order valence-electron chi connectivity index (χ4n) is 1.63. The Kier molecular flexibility index (Phi) is 3.95. The number of hydrogen-bond donors (Lipinski definition) is 0. The summed E-state index contributed by atoms with van der Waals surface area (Å²) in [6.07, 6.45) is -0.199. The molecule has 0 amide bonds. The zero-order valence-electron chi connectivity index (χ0n) is 10.9. The Labute approximate surface area is 115 Å². The van der Waals surface area contributed by atoms with E-state index in [1.54, 1.807) is 26.0 Å². The molecule has 100 valence electrons. The van der Waals surface area contributed by atoms with Crippen molar-refractivity contribution in [2.45, 2.75) is 26.9 Å². The van der Waals surface area contributed by atoms with Crippen LogP contribution in [0.4, 0.5) is 4.39 Å². The number of carbonyl (C=O) groups excluding carboxylic acids is 1. The molecule has 1 aromatic carbocycles. The predicted molar refractivity (Wildman–Crippen MR) is 72.8 cm³/mol. The smallest absolute Gasteiger partial charge is 0.358 e. The van der Waals surface area contributed by atoms with Gasteiger partial charge in [-0.1, -0.05) is 12.1 Å². The van der Waals surface area contributed by atoms with Gasteiger partial charge in [-0.05, 0) is 38.5 Å². The van der Waals surface area contributed by atoms with Crippen LogP contribution in [0.1, 0.15) is 29.3 Å². The van der Waals surface area contributed by atoms with Crippen molar-refractivity contribution in [1.29, 1.82) is 0 Å². The summed E-state index contributed by atoms with van der Waals surface area (Å²) >= 11 is 1.39. The molecule has 0 N–H and O–H groups in total. The van der Waals surface area contributed by atoms with Gasteiger partial charge >= 0.3 is 5.97 Å². The lowest BCUT2D eigenvalue weighted by Crippen LogP contribution is -2.12. The van der Waals surface area contributed by atoms with E-state index in [9.17, 15) is 9.18 Å². The van der Waals surface area contributed by atoms with E-state index in [0.29, 0.717) is 10.6 Å². The van der Waals surface area contributed by atoms with E-state index in [1.807, 2.05) is 6.92 Å². The standard InChI is InChI=1S/C14H14FNO2S/c1-8(2)18-14(17)12-13(19-9(3)16-12)10-4-6-11(15)7-5-10/h4-8H,1-3H3. The number of nitrogens with zero attached hydrogens (tertiary/aromatic N) is 1. The molecular weight excluding hydrogens is 265 g/mol. The Hall–Kier alpha value is -1.75. The highest BCUT2D eigenvalue weighted by Crippen LogP contribution is 2.30. The number of benzene rings is 1. The molecule has 1 heterocycles. The molecule has 19 heavy (non-hydrogen) atoms. The summed E-state index contributed by atoms with van der Waals surface area (Å²) in [6.45, 7) is 5.40. The van der Waals surface area contributed by atoms with Crippen molar-refractivity contribution in [3.05, 3.63) is 40.8 Å². The maximum Gasteiger partial charge on any atom is 0.358 e. The van der Waals surface area contributed by atoms with Crippen molar-refractivity contribution >= 4 is 17.3 Å². The molecule has 0 unspecified atom stereocenters. The lowest BCUT2D eigenvalue weighted by atomic mass is 10.1. The average Bonchev–Trinajstić information content (AvgIpc) is 2.71. The molecule has 0 aliphatic rings. The second-order valence-corrected chi connectivity index (χ2v) is 5.57. The predicted octanol–water partition coefficient (Wildman–Crippen LogP) is 3.82. The average molecular weight is 279 g/mol. The van der Waals surface area contributed by atoms with E-state index in [2.05, 4.69) is 4.98 Å². The topological polar surface area (TPSA) is 39.2 Å². The maximum atomic E-state index is 12.9. The third-order valence-electron chi connectivity index (χ3n) is 2.38. The molecule has 5 heteroatoms. The van der Waals surface area contributed by atoms with Gasteiger partial charge in [-0.15, -0.1) is 11.3 Å². The van der Waals surface area contributed by atoms with Crippen molar-refractivity contribution in [2.24, 2.45) is 0 Å². The highest BCUT2D eigenvalue weighted by Gasteiger charge is 2.20. The molecule has 0 atom stereocenters. The van der Waals surface area contributed by atoms with E-state index in [4.69, 9.17) is 4.74 Å². The van der Waals surface area contributed by atoms with Crippen LogP contribution >= 0.6 is 11.3 Å². The minimum atomic E-state index is -0.446. The fourth-order valence-corrected chi connectivity index (χ4v) is 2.54. The van der Waals surface area contributed by atoms with Crippen LogP contribution in [0.25, 0.3) is 10.4 Å². The molecule has 2 rings (SSSR count). The molecule has 0 saturated heterocycles. The van der Waals surface area contributed by atoms with Gasteiger partial charge in [-0.3, -0.25) is 0 Å². The molecular formula is C14H14FNO2S. The number of rotatable bonds is 3. The first-order chi connectivity index (χ1) is 8.97. The van der Waals surface area contributed by atoms with Gasteiger partial charge in [-0.2, -0.15) is 0 Å². The van der Waals surface area contributed by atoms with Gasteiger partial charge in [0.05, 0.1) is 16.0 Å². The highest BCUT2D eigenvalue weighted by atomic mass is 32.1. The van der Waals surface area contributed by atoms with Gasteiger partial charge in [0.1, 0.15) is 5.82 Å². The second kappa shape index (κ2) is 5.48. The Balaban J connectivity index is 2.41. The highest BCUT2D eigenvalue weighted by molar-refractivity contribution is 7.15. The first-order valence-corrected chi connectivity index (χ1v) is 6.73. The van der Waals surface area contributed by atoms with Crippen molar-refractivity contribution in [3.63, 3.8) is 0 Å². The molecule has 1 aromatic heterocycles. The SMILES string of the molecule is Cc1nc(C(=O)OC(C)C)c(-c2ccc(F)cc2)s1. The molecule has 0 bridgehead atoms. The van der Waals surface area contributed by atoms with Gasteiger partial charge in [0.2, 0.25) is 0 Å². The normalized spacial score (nSPS) is 10.8. The monoisotopic (exact) mass is 279 g/mol. The molecule has 0 saturated carbocycles. The van der Waals surface area contributed by atoms with E-state index in [1.165, 1.54) is 23.5 Å². The molecule has 0 radical (unpaired) electrons. The molecule has 0 aliphatic heterocycles. The quantitative estimate of drug-likeness (QED) is 0.802. The van der Waals surface area contributed by atoms with Crippen LogP contribution in [-0.2, 0) is 4.74 Å². The summed E-state index contributed by atoms with van der Waals surface area (Å²) < 4.78 is 18.1. The number of esters is 1. The van der Waals surface area contributed by atoms with Crippen LogP contribution in [0.15, 0.2) is 24.3 Å². The lowest BCUT2D eigenvalue weighted by Gasteiger charge is -2.07. The zero-order valence-corrected chi connectivity index (χ0v) is 11.8. The first kappa shape index (κ1) is 13.7. The largest absolute Gasteiger partial charge is 0.458 e. The van der Waals surface area contributed by atoms with E-state index >= 15 is 0 Å². The van der Waals surface area contributed by atoms with E-state index in [-0.39, 0.29) is 11.9 Å². The van der Waals surface area contributed by atoms with Crippen molar-refractivity contribution in [3.8, 4) is 10.4 Å². The van der Waals surface area contributed by atoms with Gasteiger partial charge in [0.25, 0.3) is 0 Å². The summed E-state index contributed by atoms with van der Waals surface area (Å²) in [6, 6.07) is 5.99. The van der Waals surface area contributed by atoms with E-state index < -0.39 is 5.97 Å². The van der Waals surface area contributed by atoms with Crippen molar-refractivity contribution < 1.29 is 13.9 Å². The summed E-state index contributed by atoms with van der Waals surface area (Å²) in [4.78, 5) is 16.9. The van der Waals surface area contributed by atoms with Gasteiger partial charge in [-0.25, -0.2) is 14.2 Å². The van der Waals surface area contributed by atoms with Gasteiger partial charge < -0.3 is 4.74 Å². The zero-order chi connectivity index (χ0) is 14.0. The minimum absolute atomic E-state index is 0.199. The van der Waals surface area contributed by atoms with Crippen molar-refractivity contribution in [2.75, 3.05) is 0 Å². The molecule has 0 fully saturated rings. The van der Waals surface area contributed by atoms with Crippen LogP contribution < -0.4 is 0 Å². The Morgan fingerprint density at radius 2 is 1.95 bits per heavy atom. The molecule has 3 nitrogen and oxygen atoms in total. The Bertz CT molecular complexity index is 590. The number of hydrogen-bond acceptors (Lipinski definition) is 4. The lowest BCUT2D eigenvalue weighted by molar-refractivity contribution is 0.0372. The first-order valence-electron chi connectivity index (χ1n) is 5.91. The summed E-state index contributed by atoms with van der Waals surface area (Å²) in [5.41, 5.74) is 1.06. The Morgan fingerprint density at radius 3 is 2.53 bits per heavy atom. The number of thiazole rings is 1. The van der Waals surface area contributed by atoms with Crippen LogP contribution in [0.2, 0.25) is 0 Å². The van der Waals surface area contributed by atoms with Crippen LogP contribution in [0.5, 0.6) is 0 Å². The summed E-state index contributed by atoms with van der Waals surface area (Å²) in [7, 11) is 0. The number of aromatic nitrogens is 1. The van der Waals surface area contributed by atoms with Crippen LogP contribution in [-0.4, -0.2) is 17.1 Å². The number of carbonyl (C=O) groups is 1. The van der Waals surface area contributed by atoms with Gasteiger partial charge in [0.15, 0.2) is 5.69 Å². The van der Waals surface area contributed by atoms with Crippen LogP contribution in [0.3, 0.4) is 0 Å². The summed E-state index contributed by atoms with van der Waals surface area (Å²) in [5.74, 6) is -0.755. The molecule has 0 aliphatic carbocycles. The maximum absolute atomic E-state index is 12.9. The van der Waals surface area contributed by atoms with Crippen molar-refractivity contribution in [1.82, 2.24) is 4.98 Å². The molecule has 0 spiro atoms. The second-order valence-electron chi connectivity index (χ2n) is 4.37. The van der Waals surface area contributed by atoms with Crippen LogP contribution in [0, 0.1) is 12.7 Å². The van der Waals surface area contributed by atoms with Gasteiger partial charge in [0, 0.05) is 0 Å². The minimum Gasteiger partial charge on any atom is -0.458 e. The third kappa shape index (κ3) is 3.17.